The Morgan fingerprint density at radius 1 is 1.24 bits per heavy atom. The van der Waals surface area contributed by atoms with Crippen molar-refractivity contribution < 1.29 is 4.74 Å². The Morgan fingerprint density at radius 3 is 2.62 bits per heavy atom. The van der Waals surface area contributed by atoms with E-state index in [-0.39, 0.29) is 0 Å². The number of aromatic nitrogens is 2. The Hall–Kier alpha value is -1.81. The average molecular weight is 287 g/mol. The van der Waals surface area contributed by atoms with E-state index >= 15 is 0 Å². The van der Waals surface area contributed by atoms with Crippen LogP contribution < -0.4 is 10.1 Å². The van der Waals surface area contributed by atoms with Gasteiger partial charge in [-0.3, -0.25) is 4.68 Å². The fourth-order valence-electron chi connectivity index (χ4n) is 1.97. The van der Waals surface area contributed by atoms with Gasteiger partial charge in [-0.1, -0.05) is 26.0 Å². The first-order valence-electron chi connectivity index (χ1n) is 7.50. The molecule has 0 aliphatic heterocycles. The summed E-state index contributed by atoms with van der Waals surface area (Å²) in [5.41, 5.74) is 2.35. The van der Waals surface area contributed by atoms with E-state index in [2.05, 4.69) is 63.2 Å². The summed E-state index contributed by atoms with van der Waals surface area (Å²) in [6, 6.07) is 7.14. The van der Waals surface area contributed by atoms with Crippen LogP contribution in [0.2, 0.25) is 0 Å². The largest absolute Gasteiger partial charge is 0.454 e. The maximum absolute atomic E-state index is 5.98. The van der Waals surface area contributed by atoms with E-state index in [1.165, 1.54) is 5.56 Å². The van der Waals surface area contributed by atoms with Gasteiger partial charge in [0, 0.05) is 18.6 Å². The Labute approximate surface area is 127 Å². The Morgan fingerprint density at radius 2 is 2.00 bits per heavy atom. The van der Waals surface area contributed by atoms with Crippen molar-refractivity contribution in [1.29, 1.82) is 0 Å². The summed E-state index contributed by atoms with van der Waals surface area (Å²) >= 11 is 0. The first-order chi connectivity index (χ1) is 9.95. The van der Waals surface area contributed by atoms with E-state index in [1.807, 2.05) is 10.9 Å². The summed E-state index contributed by atoms with van der Waals surface area (Å²) in [6.45, 7) is 11.4. The summed E-state index contributed by atoms with van der Waals surface area (Å²) in [4.78, 5) is 0. The predicted molar refractivity (Wildman–Crippen MR) is 85.8 cm³/mol. The molecule has 0 amide bonds. The highest BCUT2D eigenvalue weighted by atomic mass is 16.5. The number of nitrogens with zero attached hydrogens (tertiary/aromatic N) is 2. The Balaban J connectivity index is 2.12. The standard InChI is InChI=1S/C17H25N3O/c1-12(2)18-9-15-7-6-14(5)17(8-15)21-16-10-19-20(11-16)13(3)4/h6-8,10-13,18H,9H2,1-5H3. The zero-order valence-corrected chi connectivity index (χ0v) is 13.6. The van der Waals surface area contributed by atoms with Gasteiger partial charge in [-0.05, 0) is 38.0 Å². The average Bonchev–Trinajstić information content (AvgIpc) is 2.88. The van der Waals surface area contributed by atoms with E-state index in [4.69, 9.17) is 4.74 Å². The second-order valence-electron chi connectivity index (χ2n) is 5.99. The molecule has 4 heteroatoms. The van der Waals surface area contributed by atoms with E-state index in [0.717, 1.165) is 23.6 Å². The molecule has 1 aromatic carbocycles. The lowest BCUT2D eigenvalue weighted by Gasteiger charge is -2.11. The number of ether oxygens (including phenoxy) is 1. The van der Waals surface area contributed by atoms with Crippen molar-refractivity contribution in [3.8, 4) is 11.5 Å². The molecule has 1 N–H and O–H groups in total. The van der Waals surface area contributed by atoms with E-state index in [1.54, 1.807) is 6.20 Å². The first-order valence-corrected chi connectivity index (χ1v) is 7.50. The van der Waals surface area contributed by atoms with Gasteiger partial charge in [-0.2, -0.15) is 5.10 Å². The van der Waals surface area contributed by atoms with Gasteiger partial charge in [0.1, 0.15) is 5.75 Å². The van der Waals surface area contributed by atoms with Crippen molar-refractivity contribution in [3.63, 3.8) is 0 Å². The van der Waals surface area contributed by atoms with Crippen molar-refractivity contribution in [2.45, 2.75) is 53.2 Å². The maximum atomic E-state index is 5.98. The molecule has 0 aliphatic carbocycles. The van der Waals surface area contributed by atoms with Gasteiger partial charge in [0.15, 0.2) is 5.75 Å². The predicted octanol–water partition coefficient (Wildman–Crippen LogP) is 4.06. The van der Waals surface area contributed by atoms with Gasteiger partial charge < -0.3 is 10.1 Å². The molecule has 2 rings (SSSR count). The minimum absolute atomic E-state index is 0.338. The molecule has 1 aromatic heterocycles. The number of nitrogens with one attached hydrogen (secondary N) is 1. The fourth-order valence-corrected chi connectivity index (χ4v) is 1.97. The third-order valence-electron chi connectivity index (χ3n) is 3.30. The van der Waals surface area contributed by atoms with Crippen LogP contribution in [0, 0.1) is 6.92 Å². The van der Waals surface area contributed by atoms with Crippen molar-refractivity contribution >= 4 is 0 Å². The highest BCUT2D eigenvalue weighted by Crippen LogP contribution is 2.26. The highest BCUT2D eigenvalue weighted by Gasteiger charge is 2.07. The third-order valence-corrected chi connectivity index (χ3v) is 3.30. The van der Waals surface area contributed by atoms with Gasteiger partial charge in [0.2, 0.25) is 0 Å². The molecule has 0 saturated heterocycles. The number of hydrogen-bond acceptors (Lipinski definition) is 3. The number of benzene rings is 1. The minimum Gasteiger partial charge on any atom is -0.454 e. The van der Waals surface area contributed by atoms with Gasteiger partial charge in [0.05, 0.1) is 12.4 Å². The van der Waals surface area contributed by atoms with Crippen LogP contribution in [0.5, 0.6) is 11.5 Å². The molecule has 0 aliphatic rings. The monoisotopic (exact) mass is 287 g/mol. The van der Waals surface area contributed by atoms with Gasteiger partial charge in [-0.15, -0.1) is 0 Å². The van der Waals surface area contributed by atoms with E-state index in [9.17, 15) is 0 Å². The van der Waals surface area contributed by atoms with Crippen LogP contribution in [-0.4, -0.2) is 15.8 Å². The fraction of sp³-hybridized carbons (Fsp3) is 0.471. The van der Waals surface area contributed by atoms with Crippen molar-refractivity contribution in [3.05, 3.63) is 41.7 Å². The van der Waals surface area contributed by atoms with E-state index in [0.29, 0.717) is 12.1 Å². The van der Waals surface area contributed by atoms with Crippen LogP contribution in [0.25, 0.3) is 0 Å². The second kappa shape index (κ2) is 6.76. The number of aryl methyl sites for hydroxylation is 1. The van der Waals surface area contributed by atoms with Gasteiger partial charge in [-0.25, -0.2) is 0 Å². The van der Waals surface area contributed by atoms with Crippen LogP contribution in [0.3, 0.4) is 0 Å². The smallest absolute Gasteiger partial charge is 0.165 e. The van der Waals surface area contributed by atoms with Crippen LogP contribution in [0.15, 0.2) is 30.6 Å². The molecular formula is C17H25N3O. The topological polar surface area (TPSA) is 39.1 Å². The SMILES string of the molecule is Cc1ccc(CNC(C)C)cc1Oc1cnn(C(C)C)c1. The van der Waals surface area contributed by atoms with Crippen molar-refractivity contribution in [2.75, 3.05) is 0 Å². The molecule has 114 valence electrons. The van der Waals surface area contributed by atoms with Crippen LogP contribution >= 0.6 is 0 Å². The molecule has 1 heterocycles. The van der Waals surface area contributed by atoms with E-state index < -0.39 is 0 Å². The summed E-state index contributed by atoms with van der Waals surface area (Å²) in [6.07, 6.45) is 3.70. The zero-order chi connectivity index (χ0) is 15.4. The second-order valence-corrected chi connectivity index (χ2v) is 5.99. The lowest BCUT2D eigenvalue weighted by atomic mass is 10.1. The maximum Gasteiger partial charge on any atom is 0.165 e. The number of rotatable bonds is 6. The van der Waals surface area contributed by atoms with Crippen LogP contribution in [-0.2, 0) is 6.54 Å². The Kier molecular flexibility index (Phi) is 5.02. The van der Waals surface area contributed by atoms with Gasteiger partial charge >= 0.3 is 0 Å². The Bertz CT molecular complexity index is 587. The van der Waals surface area contributed by atoms with Crippen LogP contribution in [0.4, 0.5) is 0 Å². The van der Waals surface area contributed by atoms with Crippen molar-refractivity contribution in [1.82, 2.24) is 15.1 Å². The lowest BCUT2D eigenvalue weighted by molar-refractivity contribution is 0.472. The molecule has 2 aromatic rings. The molecule has 0 fully saturated rings. The van der Waals surface area contributed by atoms with Crippen LogP contribution in [0.1, 0.15) is 44.9 Å². The summed E-state index contributed by atoms with van der Waals surface area (Å²) < 4.78 is 7.87. The molecule has 0 atom stereocenters. The van der Waals surface area contributed by atoms with Gasteiger partial charge in [0.25, 0.3) is 0 Å². The zero-order valence-electron chi connectivity index (χ0n) is 13.6. The normalized spacial score (nSPS) is 11.4. The molecule has 21 heavy (non-hydrogen) atoms. The first kappa shape index (κ1) is 15.6. The van der Waals surface area contributed by atoms with Crippen molar-refractivity contribution in [2.24, 2.45) is 0 Å². The third kappa shape index (κ3) is 4.33. The summed E-state index contributed by atoms with van der Waals surface area (Å²) in [5, 5.41) is 7.72. The lowest BCUT2D eigenvalue weighted by Crippen LogP contribution is -2.21. The summed E-state index contributed by atoms with van der Waals surface area (Å²) in [5.74, 6) is 1.67. The molecular weight excluding hydrogens is 262 g/mol. The minimum atomic E-state index is 0.338. The molecule has 0 unspecified atom stereocenters. The summed E-state index contributed by atoms with van der Waals surface area (Å²) in [7, 11) is 0. The molecule has 4 nitrogen and oxygen atoms in total. The quantitative estimate of drug-likeness (QED) is 0.870. The molecule has 0 saturated carbocycles. The highest BCUT2D eigenvalue weighted by molar-refractivity contribution is 5.39. The molecule has 0 spiro atoms. The molecule has 0 bridgehead atoms. The number of hydrogen-bond donors (Lipinski definition) is 1. The molecule has 0 radical (unpaired) electrons.